The van der Waals surface area contributed by atoms with Crippen LogP contribution < -0.4 is 19.6 Å². The number of methoxy groups -OCH3 is 2. The van der Waals surface area contributed by atoms with Crippen LogP contribution in [0.15, 0.2) is 57.2 Å². The molecule has 0 radical (unpaired) electrons. The number of rotatable bonds is 7. The van der Waals surface area contributed by atoms with Gasteiger partial charge >= 0.3 is 5.97 Å². The Kier molecular flexibility index (Phi) is 6.50. The maximum absolute atomic E-state index is 12.4. The summed E-state index contributed by atoms with van der Waals surface area (Å²) in [5, 5.41) is 0.579. The van der Waals surface area contributed by atoms with Gasteiger partial charge < -0.3 is 18.6 Å². The molecule has 1 aromatic carbocycles. The largest absolute Gasteiger partial charge is 0.497 e. The lowest BCUT2D eigenvalue weighted by molar-refractivity contribution is 0.0728. The zero-order valence-electron chi connectivity index (χ0n) is 16.0. The summed E-state index contributed by atoms with van der Waals surface area (Å²) in [7, 11) is 2.94. The van der Waals surface area contributed by atoms with E-state index in [1.165, 1.54) is 44.2 Å². The fraction of sp³-hybridized carbons (Fsp3) is 0.200. The van der Waals surface area contributed by atoms with Crippen molar-refractivity contribution in [1.29, 1.82) is 0 Å². The molecule has 0 spiro atoms. The number of carbonyl (C=O) groups is 1. The van der Waals surface area contributed by atoms with Crippen molar-refractivity contribution in [2.75, 3.05) is 14.2 Å². The van der Waals surface area contributed by atoms with Gasteiger partial charge in [-0.15, -0.1) is 0 Å². The lowest BCUT2D eigenvalue weighted by Crippen LogP contribution is -2.15. The number of ether oxygens (including phenoxy) is 3. The summed E-state index contributed by atoms with van der Waals surface area (Å²) in [5.74, 6) is 0.679. The number of thioether (sulfide) groups is 1. The average Bonchev–Trinajstić information content (AvgIpc) is 2.73. The second-order valence-corrected chi connectivity index (χ2v) is 6.78. The Morgan fingerprint density at radius 2 is 1.86 bits per heavy atom. The van der Waals surface area contributed by atoms with E-state index in [1.54, 1.807) is 18.3 Å². The number of hydrogen-bond acceptors (Lipinski definition) is 9. The maximum atomic E-state index is 12.4. The highest BCUT2D eigenvalue weighted by Crippen LogP contribution is 2.24. The van der Waals surface area contributed by atoms with Gasteiger partial charge in [-0.05, 0) is 25.1 Å². The first-order valence-electron chi connectivity index (χ1n) is 8.48. The lowest BCUT2D eigenvalue weighted by Gasteiger charge is -2.08. The fourth-order valence-corrected chi connectivity index (χ4v) is 3.07. The molecule has 150 valence electrons. The Hall–Kier alpha value is -3.33. The molecule has 0 atom stereocenters. The standard InChI is InChI=1S/C20H18N2O6S/c1-12-4-5-21-20(22-12)29-11-16-9-17(23)18(10-27-16)28-19(24)13-6-14(25-2)8-15(7-13)26-3/h4-10H,11H2,1-3H3. The summed E-state index contributed by atoms with van der Waals surface area (Å²) in [6, 6.07) is 7.66. The second-order valence-electron chi connectivity index (χ2n) is 5.83. The van der Waals surface area contributed by atoms with Crippen molar-refractivity contribution in [3.63, 3.8) is 0 Å². The van der Waals surface area contributed by atoms with E-state index in [2.05, 4.69) is 9.97 Å². The third kappa shape index (κ3) is 5.35. The second kappa shape index (κ2) is 9.24. The minimum absolute atomic E-state index is 0.178. The Bertz CT molecular complexity index is 1060. The zero-order valence-corrected chi connectivity index (χ0v) is 16.8. The van der Waals surface area contributed by atoms with Gasteiger partial charge in [0.1, 0.15) is 23.5 Å². The van der Waals surface area contributed by atoms with Gasteiger partial charge in [0.2, 0.25) is 11.2 Å². The van der Waals surface area contributed by atoms with Crippen LogP contribution in [0.3, 0.4) is 0 Å². The summed E-state index contributed by atoms with van der Waals surface area (Å²) in [6.45, 7) is 1.87. The third-order valence-corrected chi connectivity index (χ3v) is 4.64. The van der Waals surface area contributed by atoms with Crippen molar-refractivity contribution in [2.24, 2.45) is 0 Å². The topological polar surface area (TPSA) is 101 Å². The minimum atomic E-state index is -0.732. The van der Waals surface area contributed by atoms with Crippen LogP contribution >= 0.6 is 11.8 Å². The van der Waals surface area contributed by atoms with Gasteiger partial charge in [0.25, 0.3) is 0 Å². The Morgan fingerprint density at radius 1 is 1.14 bits per heavy atom. The van der Waals surface area contributed by atoms with E-state index in [-0.39, 0.29) is 11.3 Å². The molecule has 0 fully saturated rings. The quantitative estimate of drug-likeness (QED) is 0.327. The first-order chi connectivity index (χ1) is 14.0. The summed E-state index contributed by atoms with van der Waals surface area (Å²) in [5.41, 5.74) is 0.553. The molecule has 2 heterocycles. The van der Waals surface area contributed by atoms with Gasteiger partial charge in [-0.3, -0.25) is 4.79 Å². The summed E-state index contributed by atoms with van der Waals surface area (Å²) in [4.78, 5) is 33.1. The Morgan fingerprint density at radius 3 is 2.48 bits per heavy atom. The van der Waals surface area contributed by atoms with Crippen LogP contribution in [-0.2, 0) is 5.75 Å². The van der Waals surface area contributed by atoms with Crippen molar-refractivity contribution in [3.8, 4) is 17.2 Å². The molecule has 3 aromatic rings. The highest BCUT2D eigenvalue weighted by molar-refractivity contribution is 7.98. The number of aromatic nitrogens is 2. The predicted octanol–water partition coefficient (Wildman–Crippen LogP) is 3.27. The first-order valence-corrected chi connectivity index (χ1v) is 9.46. The fourth-order valence-electron chi connectivity index (χ4n) is 2.30. The molecule has 0 unspecified atom stereocenters. The number of hydrogen-bond donors (Lipinski definition) is 0. The van der Waals surface area contributed by atoms with Gasteiger partial charge in [0.05, 0.1) is 25.5 Å². The van der Waals surface area contributed by atoms with Crippen molar-refractivity contribution >= 4 is 17.7 Å². The highest BCUT2D eigenvalue weighted by atomic mass is 32.2. The van der Waals surface area contributed by atoms with Crippen LogP contribution in [0.2, 0.25) is 0 Å². The Labute approximate surface area is 170 Å². The molecule has 29 heavy (non-hydrogen) atoms. The number of benzene rings is 1. The molecular weight excluding hydrogens is 396 g/mol. The van der Waals surface area contributed by atoms with Crippen LogP contribution in [-0.4, -0.2) is 30.2 Å². The van der Waals surface area contributed by atoms with Crippen LogP contribution in [0.1, 0.15) is 21.8 Å². The molecule has 0 bridgehead atoms. The van der Waals surface area contributed by atoms with E-state index < -0.39 is 11.4 Å². The summed E-state index contributed by atoms with van der Waals surface area (Å²) < 4.78 is 20.8. The number of carbonyl (C=O) groups excluding carboxylic acids is 1. The molecule has 0 aliphatic heterocycles. The molecule has 2 aromatic heterocycles. The molecule has 0 amide bonds. The SMILES string of the molecule is COc1cc(OC)cc(C(=O)Oc2coc(CSc3nccc(C)n3)cc2=O)c1. The maximum Gasteiger partial charge on any atom is 0.344 e. The normalized spacial score (nSPS) is 10.4. The van der Waals surface area contributed by atoms with Crippen molar-refractivity contribution in [3.05, 3.63) is 70.0 Å². The van der Waals surface area contributed by atoms with Gasteiger partial charge in [-0.1, -0.05) is 11.8 Å². The minimum Gasteiger partial charge on any atom is -0.497 e. The smallest absolute Gasteiger partial charge is 0.344 e. The monoisotopic (exact) mass is 414 g/mol. The van der Waals surface area contributed by atoms with E-state index in [4.69, 9.17) is 18.6 Å². The highest BCUT2D eigenvalue weighted by Gasteiger charge is 2.15. The molecule has 0 N–H and O–H groups in total. The van der Waals surface area contributed by atoms with Gasteiger partial charge in [0, 0.05) is 24.0 Å². The van der Waals surface area contributed by atoms with Gasteiger partial charge in [-0.2, -0.15) is 0 Å². The average molecular weight is 414 g/mol. The van der Waals surface area contributed by atoms with Crippen LogP contribution in [0.5, 0.6) is 17.2 Å². The zero-order chi connectivity index (χ0) is 20.8. The third-order valence-electron chi connectivity index (χ3n) is 3.76. The molecule has 0 aliphatic carbocycles. The van der Waals surface area contributed by atoms with E-state index in [0.717, 1.165) is 12.0 Å². The molecule has 9 heteroatoms. The Balaban J connectivity index is 1.70. The van der Waals surface area contributed by atoms with E-state index in [0.29, 0.717) is 28.2 Å². The predicted molar refractivity (Wildman–Crippen MR) is 106 cm³/mol. The van der Waals surface area contributed by atoms with Gasteiger partial charge in [0.15, 0.2) is 5.16 Å². The first kappa shape index (κ1) is 20.4. The van der Waals surface area contributed by atoms with Crippen LogP contribution in [0, 0.1) is 6.92 Å². The van der Waals surface area contributed by atoms with Crippen molar-refractivity contribution in [1.82, 2.24) is 9.97 Å². The van der Waals surface area contributed by atoms with Gasteiger partial charge in [-0.25, -0.2) is 14.8 Å². The molecule has 8 nitrogen and oxygen atoms in total. The number of nitrogens with zero attached hydrogens (tertiary/aromatic N) is 2. The van der Waals surface area contributed by atoms with Crippen LogP contribution in [0.4, 0.5) is 0 Å². The van der Waals surface area contributed by atoms with E-state index in [9.17, 15) is 9.59 Å². The van der Waals surface area contributed by atoms with E-state index >= 15 is 0 Å². The van der Waals surface area contributed by atoms with E-state index in [1.807, 2.05) is 6.92 Å². The van der Waals surface area contributed by atoms with Crippen molar-refractivity contribution in [2.45, 2.75) is 17.8 Å². The molecule has 0 aliphatic rings. The molecule has 0 saturated carbocycles. The molecule has 0 saturated heterocycles. The molecule has 3 rings (SSSR count). The van der Waals surface area contributed by atoms with Crippen molar-refractivity contribution < 1.29 is 23.4 Å². The summed E-state index contributed by atoms with van der Waals surface area (Å²) in [6.07, 6.45) is 2.78. The number of esters is 1. The number of aryl methyl sites for hydroxylation is 1. The molecular formula is C20H18N2O6S. The lowest BCUT2D eigenvalue weighted by atomic mass is 10.2. The summed E-state index contributed by atoms with van der Waals surface area (Å²) >= 11 is 1.33. The van der Waals surface area contributed by atoms with Crippen LogP contribution in [0.25, 0.3) is 0 Å².